The van der Waals surface area contributed by atoms with Gasteiger partial charge in [-0.2, -0.15) is 0 Å². The SMILES string of the molecule is O=C(CCC1CCCCC1)N[C@@H](C(=O)O)c1ccccc1. The largest absolute Gasteiger partial charge is 0.479 e. The molecule has 114 valence electrons. The molecule has 0 radical (unpaired) electrons. The van der Waals surface area contributed by atoms with E-state index in [1.54, 1.807) is 24.3 Å². The van der Waals surface area contributed by atoms with Gasteiger partial charge in [0.25, 0.3) is 0 Å². The number of nitrogens with one attached hydrogen (secondary N) is 1. The maximum atomic E-state index is 12.0. The molecule has 1 aliphatic rings. The summed E-state index contributed by atoms with van der Waals surface area (Å²) in [5, 5.41) is 11.9. The monoisotopic (exact) mass is 289 g/mol. The van der Waals surface area contributed by atoms with E-state index in [0.29, 0.717) is 17.9 Å². The van der Waals surface area contributed by atoms with Gasteiger partial charge in [0.1, 0.15) is 0 Å². The van der Waals surface area contributed by atoms with E-state index in [1.165, 1.54) is 32.1 Å². The van der Waals surface area contributed by atoms with E-state index >= 15 is 0 Å². The van der Waals surface area contributed by atoms with Crippen molar-refractivity contribution in [3.8, 4) is 0 Å². The lowest BCUT2D eigenvalue weighted by atomic mass is 9.86. The minimum absolute atomic E-state index is 0.170. The summed E-state index contributed by atoms with van der Waals surface area (Å²) in [4.78, 5) is 23.3. The Balaban J connectivity index is 1.85. The van der Waals surface area contributed by atoms with Crippen LogP contribution in [0.15, 0.2) is 30.3 Å². The number of carbonyl (C=O) groups excluding carboxylic acids is 1. The predicted molar refractivity (Wildman–Crippen MR) is 80.8 cm³/mol. The number of amides is 1. The maximum Gasteiger partial charge on any atom is 0.330 e. The quantitative estimate of drug-likeness (QED) is 0.844. The van der Waals surface area contributed by atoms with Crippen LogP contribution >= 0.6 is 0 Å². The van der Waals surface area contributed by atoms with Gasteiger partial charge in [0, 0.05) is 6.42 Å². The molecule has 0 spiro atoms. The van der Waals surface area contributed by atoms with Crippen LogP contribution < -0.4 is 5.32 Å². The third kappa shape index (κ3) is 4.88. The van der Waals surface area contributed by atoms with Crippen LogP contribution in [0.1, 0.15) is 56.6 Å². The molecule has 1 aliphatic carbocycles. The first kappa shape index (κ1) is 15.5. The Bertz CT molecular complexity index is 466. The smallest absolute Gasteiger partial charge is 0.330 e. The van der Waals surface area contributed by atoms with Crippen molar-refractivity contribution in [2.45, 2.75) is 51.0 Å². The van der Waals surface area contributed by atoms with E-state index in [1.807, 2.05) is 6.07 Å². The third-order valence-electron chi connectivity index (χ3n) is 4.19. The molecule has 0 aliphatic heterocycles. The number of benzene rings is 1. The zero-order valence-electron chi connectivity index (χ0n) is 12.3. The van der Waals surface area contributed by atoms with Crippen molar-refractivity contribution in [2.24, 2.45) is 5.92 Å². The van der Waals surface area contributed by atoms with Crippen molar-refractivity contribution < 1.29 is 14.7 Å². The molecule has 0 saturated heterocycles. The third-order valence-corrected chi connectivity index (χ3v) is 4.19. The first-order valence-electron chi connectivity index (χ1n) is 7.74. The molecule has 1 fully saturated rings. The highest BCUT2D eigenvalue weighted by Crippen LogP contribution is 2.27. The highest BCUT2D eigenvalue weighted by atomic mass is 16.4. The molecule has 0 bridgehead atoms. The maximum absolute atomic E-state index is 12.0. The fraction of sp³-hybridized carbons (Fsp3) is 0.529. The number of carboxylic acids is 1. The normalized spacial score (nSPS) is 17.1. The second-order valence-corrected chi connectivity index (χ2v) is 5.79. The van der Waals surface area contributed by atoms with Gasteiger partial charge in [-0.05, 0) is 17.9 Å². The van der Waals surface area contributed by atoms with Crippen LogP contribution in [0.4, 0.5) is 0 Å². The average molecular weight is 289 g/mol. The van der Waals surface area contributed by atoms with Gasteiger partial charge >= 0.3 is 5.97 Å². The fourth-order valence-electron chi connectivity index (χ4n) is 2.98. The Morgan fingerprint density at radius 1 is 1.14 bits per heavy atom. The highest BCUT2D eigenvalue weighted by Gasteiger charge is 2.22. The second kappa shape index (κ2) is 7.81. The molecule has 1 amide bonds. The van der Waals surface area contributed by atoms with Crippen LogP contribution in [0, 0.1) is 5.92 Å². The summed E-state index contributed by atoms with van der Waals surface area (Å²) in [5.41, 5.74) is 0.607. The molecule has 0 heterocycles. The standard InChI is InChI=1S/C17H23NO3/c19-15(12-11-13-7-3-1-4-8-13)18-16(17(20)21)14-9-5-2-6-10-14/h2,5-6,9-10,13,16H,1,3-4,7-8,11-12H2,(H,18,19)(H,20,21)/t16-/m1/s1. The zero-order valence-corrected chi connectivity index (χ0v) is 12.3. The Kier molecular flexibility index (Phi) is 5.78. The van der Waals surface area contributed by atoms with Gasteiger partial charge in [-0.25, -0.2) is 4.79 Å². The van der Waals surface area contributed by atoms with Crippen molar-refractivity contribution >= 4 is 11.9 Å². The van der Waals surface area contributed by atoms with Gasteiger partial charge in [-0.15, -0.1) is 0 Å². The molecule has 2 rings (SSSR count). The molecular formula is C17H23NO3. The van der Waals surface area contributed by atoms with Crippen molar-refractivity contribution in [3.05, 3.63) is 35.9 Å². The number of rotatable bonds is 6. The highest BCUT2D eigenvalue weighted by molar-refractivity contribution is 5.84. The van der Waals surface area contributed by atoms with Crippen LogP contribution in [0.3, 0.4) is 0 Å². The average Bonchev–Trinajstić information content (AvgIpc) is 2.52. The van der Waals surface area contributed by atoms with Crippen LogP contribution in [0.2, 0.25) is 0 Å². The summed E-state index contributed by atoms with van der Waals surface area (Å²) < 4.78 is 0. The van der Waals surface area contributed by atoms with Crippen LogP contribution in [0.5, 0.6) is 0 Å². The van der Waals surface area contributed by atoms with Crippen molar-refractivity contribution in [2.75, 3.05) is 0 Å². The lowest BCUT2D eigenvalue weighted by Gasteiger charge is -2.21. The molecular weight excluding hydrogens is 266 g/mol. The van der Waals surface area contributed by atoms with E-state index in [9.17, 15) is 14.7 Å². The van der Waals surface area contributed by atoms with Gasteiger partial charge in [-0.3, -0.25) is 4.79 Å². The van der Waals surface area contributed by atoms with E-state index in [-0.39, 0.29) is 5.91 Å². The molecule has 0 unspecified atom stereocenters. The number of carbonyl (C=O) groups is 2. The summed E-state index contributed by atoms with van der Waals surface area (Å²) in [6.45, 7) is 0. The van der Waals surface area contributed by atoms with E-state index in [2.05, 4.69) is 5.32 Å². The van der Waals surface area contributed by atoms with Gasteiger partial charge in [0.15, 0.2) is 6.04 Å². The van der Waals surface area contributed by atoms with Crippen LogP contribution in [0.25, 0.3) is 0 Å². The molecule has 1 atom stereocenters. The van der Waals surface area contributed by atoms with E-state index in [4.69, 9.17) is 0 Å². The van der Waals surface area contributed by atoms with Crippen molar-refractivity contribution in [3.63, 3.8) is 0 Å². The molecule has 21 heavy (non-hydrogen) atoms. The topological polar surface area (TPSA) is 66.4 Å². The van der Waals surface area contributed by atoms with Crippen molar-refractivity contribution in [1.29, 1.82) is 0 Å². The Morgan fingerprint density at radius 3 is 2.43 bits per heavy atom. The summed E-state index contributed by atoms with van der Waals surface area (Å²) in [7, 11) is 0. The number of aliphatic carboxylic acids is 1. The zero-order chi connectivity index (χ0) is 15.1. The molecule has 1 saturated carbocycles. The minimum atomic E-state index is -1.02. The van der Waals surface area contributed by atoms with Gasteiger partial charge in [-0.1, -0.05) is 62.4 Å². The Morgan fingerprint density at radius 2 is 1.81 bits per heavy atom. The molecule has 0 aromatic heterocycles. The minimum Gasteiger partial charge on any atom is -0.479 e. The predicted octanol–water partition coefficient (Wildman–Crippen LogP) is 3.29. The van der Waals surface area contributed by atoms with Gasteiger partial charge in [0.2, 0.25) is 5.91 Å². The Labute approximate surface area is 125 Å². The van der Waals surface area contributed by atoms with Gasteiger partial charge in [0.05, 0.1) is 0 Å². The first-order valence-corrected chi connectivity index (χ1v) is 7.74. The summed E-state index contributed by atoms with van der Waals surface area (Å²) >= 11 is 0. The molecule has 4 nitrogen and oxygen atoms in total. The summed E-state index contributed by atoms with van der Waals surface area (Å²) in [6, 6.07) is 7.87. The number of hydrogen-bond donors (Lipinski definition) is 2. The van der Waals surface area contributed by atoms with E-state index < -0.39 is 12.0 Å². The number of hydrogen-bond acceptors (Lipinski definition) is 2. The first-order chi connectivity index (χ1) is 10.2. The molecule has 4 heteroatoms. The summed E-state index contributed by atoms with van der Waals surface area (Å²) in [5.74, 6) is -0.562. The lowest BCUT2D eigenvalue weighted by molar-refractivity contribution is -0.142. The van der Waals surface area contributed by atoms with Crippen LogP contribution in [-0.4, -0.2) is 17.0 Å². The van der Waals surface area contributed by atoms with Gasteiger partial charge < -0.3 is 10.4 Å². The molecule has 1 aromatic rings. The Hall–Kier alpha value is -1.84. The summed E-state index contributed by atoms with van der Waals surface area (Å²) in [6.07, 6.45) is 7.51. The van der Waals surface area contributed by atoms with Crippen LogP contribution in [-0.2, 0) is 9.59 Å². The molecule has 1 aromatic carbocycles. The fourth-order valence-corrected chi connectivity index (χ4v) is 2.98. The van der Waals surface area contributed by atoms with Crippen molar-refractivity contribution in [1.82, 2.24) is 5.32 Å². The number of carboxylic acid groups (broad SMARTS) is 1. The second-order valence-electron chi connectivity index (χ2n) is 5.79. The van der Waals surface area contributed by atoms with E-state index in [0.717, 1.165) is 6.42 Å². The lowest BCUT2D eigenvalue weighted by Crippen LogP contribution is -2.33. The molecule has 2 N–H and O–H groups in total.